The summed E-state index contributed by atoms with van der Waals surface area (Å²) in [5.41, 5.74) is 6.58. The lowest BCUT2D eigenvalue weighted by molar-refractivity contribution is 0.620. The fourth-order valence-electron chi connectivity index (χ4n) is 2.83. The summed E-state index contributed by atoms with van der Waals surface area (Å²) < 4.78 is 0. The molecular formula is C16H25N3S. The summed E-state index contributed by atoms with van der Waals surface area (Å²) >= 11 is 5.31. The summed E-state index contributed by atoms with van der Waals surface area (Å²) in [6.45, 7) is 8.27. The Hall–Kier alpha value is -1.16. The van der Waals surface area contributed by atoms with Gasteiger partial charge in [-0.2, -0.15) is 5.10 Å². The summed E-state index contributed by atoms with van der Waals surface area (Å²) in [6.07, 6.45) is 9.32. The first-order valence-corrected chi connectivity index (χ1v) is 7.92. The van der Waals surface area contributed by atoms with Crippen LogP contribution in [0.25, 0.3) is 0 Å². The average molecular weight is 291 g/mol. The van der Waals surface area contributed by atoms with Crippen LogP contribution in [0.5, 0.6) is 0 Å². The lowest BCUT2D eigenvalue weighted by Gasteiger charge is -2.22. The highest BCUT2D eigenvalue weighted by Gasteiger charge is 2.19. The predicted octanol–water partition coefficient (Wildman–Crippen LogP) is 3.68. The van der Waals surface area contributed by atoms with E-state index >= 15 is 0 Å². The number of hydrazone groups is 1. The Balaban J connectivity index is 1.88. The van der Waals surface area contributed by atoms with E-state index in [0.29, 0.717) is 17.1 Å². The fourth-order valence-corrected chi connectivity index (χ4v) is 3.04. The van der Waals surface area contributed by atoms with Crippen molar-refractivity contribution >= 4 is 23.0 Å². The number of nitrogens with one attached hydrogen (secondary N) is 2. The van der Waals surface area contributed by atoms with Gasteiger partial charge in [-0.1, -0.05) is 31.1 Å². The van der Waals surface area contributed by atoms with Gasteiger partial charge in [0, 0.05) is 6.04 Å². The van der Waals surface area contributed by atoms with Gasteiger partial charge in [-0.05, 0) is 63.2 Å². The molecular weight excluding hydrogens is 266 g/mol. The maximum Gasteiger partial charge on any atom is 0.187 e. The van der Waals surface area contributed by atoms with Gasteiger partial charge in [0.15, 0.2) is 5.11 Å². The molecule has 2 N–H and O–H groups in total. The SMILES string of the molecule is C=C(C)[C@@H]1CC=C(C)/C(=N\NC(=S)NC2CCCC2)C1. The molecule has 2 aliphatic carbocycles. The molecule has 2 rings (SSSR count). The topological polar surface area (TPSA) is 36.4 Å². The van der Waals surface area contributed by atoms with Crippen LogP contribution in [0.1, 0.15) is 52.4 Å². The van der Waals surface area contributed by atoms with E-state index in [4.69, 9.17) is 12.2 Å². The maximum atomic E-state index is 5.31. The first-order chi connectivity index (χ1) is 9.56. The molecule has 1 atom stereocenters. The van der Waals surface area contributed by atoms with Crippen LogP contribution in [0.3, 0.4) is 0 Å². The number of thiocarbonyl (C=S) groups is 1. The first kappa shape index (κ1) is 15.2. The zero-order valence-electron chi connectivity index (χ0n) is 12.5. The van der Waals surface area contributed by atoms with Crippen LogP contribution in [-0.4, -0.2) is 16.9 Å². The molecule has 20 heavy (non-hydrogen) atoms. The van der Waals surface area contributed by atoms with Crippen molar-refractivity contribution in [2.24, 2.45) is 11.0 Å². The third-order valence-corrected chi connectivity index (χ3v) is 4.49. The number of hydrogen-bond acceptors (Lipinski definition) is 2. The van der Waals surface area contributed by atoms with Gasteiger partial charge in [-0.3, -0.25) is 5.43 Å². The standard InChI is InChI=1S/C16H25N3S/c1-11(2)13-9-8-12(3)15(10-13)18-19-16(20)17-14-6-4-5-7-14/h8,13-14H,1,4-7,9-10H2,2-3H3,(H2,17,19,20)/b18-15-/t13-/m1/s1. The van der Waals surface area contributed by atoms with E-state index in [0.717, 1.165) is 18.6 Å². The van der Waals surface area contributed by atoms with E-state index in [9.17, 15) is 0 Å². The quantitative estimate of drug-likeness (QED) is 0.473. The van der Waals surface area contributed by atoms with Crippen molar-refractivity contribution in [1.82, 2.24) is 10.7 Å². The lowest BCUT2D eigenvalue weighted by Crippen LogP contribution is -2.39. The number of rotatable bonds is 3. The second-order valence-electron chi connectivity index (χ2n) is 6.00. The molecule has 1 fully saturated rings. The normalized spacial score (nSPS) is 25.4. The van der Waals surface area contributed by atoms with Crippen molar-refractivity contribution < 1.29 is 0 Å². The van der Waals surface area contributed by atoms with Gasteiger partial charge in [0.2, 0.25) is 0 Å². The lowest BCUT2D eigenvalue weighted by atomic mass is 9.85. The van der Waals surface area contributed by atoms with Gasteiger partial charge in [0.25, 0.3) is 0 Å². The molecule has 3 nitrogen and oxygen atoms in total. The Labute approximate surface area is 127 Å². The number of allylic oxidation sites excluding steroid dienone is 3. The van der Waals surface area contributed by atoms with Gasteiger partial charge < -0.3 is 5.32 Å². The molecule has 0 bridgehead atoms. The minimum absolute atomic E-state index is 0.510. The molecule has 0 spiro atoms. The van der Waals surface area contributed by atoms with Crippen LogP contribution in [0.4, 0.5) is 0 Å². The molecule has 0 radical (unpaired) electrons. The molecule has 0 aliphatic heterocycles. The third kappa shape index (κ3) is 4.17. The van der Waals surface area contributed by atoms with Crippen molar-refractivity contribution in [3.05, 3.63) is 23.8 Å². The van der Waals surface area contributed by atoms with Crippen molar-refractivity contribution in [1.29, 1.82) is 0 Å². The van der Waals surface area contributed by atoms with Gasteiger partial charge in [0.05, 0.1) is 5.71 Å². The van der Waals surface area contributed by atoms with Crippen LogP contribution < -0.4 is 10.7 Å². The second kappa shape index (κ2) is 7.02. The largest absolute Gasteiger partial charge is 0.359 e. The Morgan fingerprint density at radius 1 is 1.40 bits per heavy atom. The molecule has 2 aliphatic rings. The predicted molar refractivity (Wildman–Crippen MR) is 89.9 cm³/mol. The third-order valence-electron chi connectivity index (χ3n) is 4.28. The van der Waals surface area contributed by atoms with Crippen LogP contribution in [0.15, 0.2) is 28.9 Å². The maximum absolute atomic E-state index is 5.31. The van der Waals surface area contributed by atoms with Crippen LogP contribution in [-0.2, 0) is 0 Å². The molecule has 0 unspecified atom stereocenters. The van der Waals surface area contributed by atoms with E-state index in [1.54, 1.807) is 0 Å². The van der Waals surface area contributed by atoms with Gasteiger partial charge in [-0.15, -0.1) is 0 Å². The van der Waals surface area contributed by atoms with E-state index < -0.39 is 0 Å². The number of hydrogen-bond donors (Lipinski definition) is 2. The van der Waals surface area contributed by atoms with Crippen LogP contribution >= 0.6 is 12.2 Å². The van der Waals surface area contributed by atoms with Crippen LogP contribution in [0, 0.1) is 5.92 Å². The fraction of sp³-hybridized carbons (Fsp3) is 0.625. The highest BCUT2D eigenvalue weighted by Crippen LogP contribution is 2.26. The first-order valence-electron chi connectivity index (χ1n) is 7.52. The van der Waals surface area contributed by atoms with E-state index in [1.807, 2.05) is 0 Å². The highest BCUT2D eigenvalue weighted by atomic mass is 32.1. The Bertz CT molecular complexity index is 445. The minimum Gasteiger partial charge on any atom is -0.359 e. The summed E-state index contributed by atoms with van der Waals surface area (Å²) in [7, 11) is 0. The second-order valence-corrected chi connectivity index (χ2v) is 6.40. The Morgan fingerprint density at radius 3 is 2.75 bits per heavy atom. The van der Waals surface area contributed by atoms with Crippen molar-refractivity contribution in [3.8, 4) is 0 Å². The molecule has 0 aromatic carbocycles. The average Bonchev–Trinajstić information content (AvgIpc) is 2.90. The monoisotopic (exact) mass is 291 g/mol. The zero-order chi connectivity index (χ0) is 14.5. The molecule has 0 heterocycles. The summed E-state index contributed by atoms with van der Waals surface area (Å²) in [6, 6.07) is 0.529. The van der Waals surface area contributed by atoms with Gasteiger partial charge in [-0.25, -0.2) is 0 Å². The van der Waals surface area contributed by atoms with Crippen molar-refractivity contribution in [2.75, 3.05) is 0 Å². The Morgan fingerprint density at radius 2 is 2.10 bits per heavy atom. The summed E-state index contributed by atoms with van der Waals surface area (Å²) in [5, 5.41) is 8.48. The van der Waals surface area contributed by atoms with Crippen molar-refractivity contribution in [2.45, 2.75) is 58.4 Å². The van der Waals surface area contributed by atoms with Gasteiger partial charge >= 0.3 is 0 Å². The summed E-state index contributed by atoms with van der Waals surface area (Å²) in [5.74, 6) is 0.510. The van der Waals surface area contributed by atoms with E-state index in [-0.39, 0.29) is 0 Å². The smallest absolute Gasteiger partial charge is 0.187 e. The van der Waals surface area contributed by atoms with Gasteiger partial charge in [0.1, 0.15) is 0 Å². The minimum atomic E-state index is 0.510. The molecule has 0 saturated heterocycles. The molecule has 0 aromatic rings. The highest BCUT2D eigenvalue weighted by molar-refractivity contribution is 7.80. The summed E-state index contributed by atoms with van der Waals surface area (Å²) in [4.78, 5) is 0. The number of nitrogens with zero attached hydrogens (tertiary/aromatic N) is 1. The van der Waals surface area contributed by atoms with E-state index in [2.05, 4.69) is 42.3 Å². The molecule has 1 saturated carbocycles. The van der Waals surface area contributed by atoms with E-state index in [1.165, 1.54) is 36.8 Å². The Kier molecular flexibility index (Phi) is 5.35. The van der Waals surface area contributed by atoms with Crippen LogP contribution in [0.2, 0.25) is 0 Å². The molecule has 110 valence electrons. The zero-order valence-corrected chi connectivity index (χ0v) is 13.4. The van der Waals surface area contributed by atoms with Crippen molar-refractivity contribution in [3.63, 3.8) is 0 Å². The molecule has 4 heteroatoms. The molecule has 0 amide bonds. The molecule has 0 aromatic heterocycles.